The van der Waals surface area contributed by atoms with Gasteiger partial charge < -0.3 is 10.5 Å². The molecule has 1 heterocycles. The summed E-state index contributed by atoms with van der Waals surface area (Å²) >= 11 is 0.997. The van der Waals surface area contributed by atoms with Crippen LogP contribution in [-0.2, 0) is 6.61 Å². The van der Waals surface area contributed by atoms with Crippen LogP contribution in [0, 0.1) is 11.6 Å². The molecule has 0 saturated carbocycles. The second kappa shape index (κ2) is 4.40. The van der Waals surface area contributed by atoms with Crippen molar-refractivity contribution in [2.24, 2.45) is 0 Å². The lowest BCUT2D eigenvalue weighted by molar-refractivity contribution is 0.270. The Morgan fingerprint density at radius 1 is 1.31 bits per heavy atom. The van der Waals surface area contributed by atoms with E-state index in [0.29, 0.717) is 10.7 Å². The first kappa shape index (κ1) is 10.7. The van der Waals surface area contributed by atoms with Crippen LogP contribution in [0.3, 0.4) is 0 Å². The fourth-order valence-electron chi connectivity index (χ4n) is 1.08. The summed E-state index contributed by atoms with van der Waals surface area (Å²) in [5.41, 5.74) is 5.88. The maximum atomic E-state index is 13.1. The number of aromatic nitrogens is 2. The van der Waals surface area contributed by atoms with Crippen molar-refractivity contribution in [1.29, 1.82) is 0 Å². The number of anilines is 1. The van der Waals surface area contributed by atoms with Crippen LogP contribution in [0.25, 0.3) is 0 Å². The van der Waals surface area contributed by atoms with Gasteiger partial charge in [0.25, 0.3) is 0 Å². The molecular formula is C9H7F2N3OS. The predicted molar refractivity (Wildman–Crippen MR) is 55.0 cm³/mol. The molecule has 1 aromatic heterocycles. The smallest absolute Gasteiger partial charge is 0.191 e. The van der Waals surface area contributed by atoms with Gasteiger partial charge in [0.2, 0.25) is 0 Å². The summed E-state index contributed by atoms with van der Waals surface area (Å²) in [7, 11) is 0. The molecule has 0 fully saturated rings. The molecule has 0 atom stereocenters. The molecule has 84 valence electrons. The number of para-hydroxylation sites is 1. The summed E-state index contributed by atoms with van der Waals surface area (Å²) in [6, 6.07) is 3.48. The second-order valence-electron chi connectivity index (χ2n) is 2.92. The van der Waals surface area contributed by atoms with E-state index in [9.17, 15) is 8.78 Å². The highest BCUT2D eigenvalue weighted by Gasteiger charge is 2.11. The SMILES string of the molecule is Nc1snnc1COc1c(F)cccc1F. The molecule has 4 nitrogen and oxygen atoms in total. The molecule has 7 heteroatoms. The molecule has 1 aromatic carbocycles. The zero-order chi connectivity index (χ0) is 11.5. The van der Waals surface area contributed by atoms with Crippen molar-refractivity contribution in [3.8, 4) is 5.75 Å². The molecule has 0 aliphatic carbocycles. The fourth-order valence-corrected chi connectivity index (χ4v) is 1.51. The Labute approximate surface area is 93.8 Å². The quantitative estimate of drug-likeness (QED) is 0.895. The molecule has 0 unspecified atom stereocenters. The molecule has 0 amide bonds. The first-order valence-corrected chi connectivity index (χ1v) is 5.09. The normalized spacial score (nSPS) is 10.4. The highest BCUT2D eigenvalue weighted by Crippen LogP contribution is 2.23. The van der Waals surface area contributed by atoms with E-state index < -0.39 is 17.4 Å². The Morgan fingerprint density at radius 2 is 2.00 bits per heavy atom. The summed E-state index contributed by atoms with van der Waals surface area (Å²) in [5.74, 6) is -1.96. The van der Waals surface area contributed by atoms with Crippen LogP contribution in [0.1, 0.15) is 5.69 Å². The molecule has 0 radical (unpaired) electrons. The predicted octanol–water partition coefficient (Wildman–Crippen LogP) is 1.98. The minimum atomic E-state index is -0.762. The lowest BCUT2D eigenvalue weighted by Gasteiger charge is -2.06. The van der Waals surface area contributed by atoms with Gasteiger partial charge in [0.1, 0.15) is 17.3 Å². The Balaban J connectivity index is 2.14. The van der Waals surface area contributed by atoms with Crippen molar-refractivity contribution >= 4 is 16.5 Å². The largest absolute Gasteiger partial charge is 0.481 e. The van der Waals surface area contributed by atoms with Crippen LogP contribution in [0.5, 0.6) is 5.75 Å². The number of halogens is 2. The van der Waals surface area contributed by atoms with Gasteiger partial charge in [-0.15, -0.1) is 5.10 Å². The van der Waals surface area contributed by atoms with Gasteiger partial charge in [-0.1, -0.05) is 10.6 Å². The topological polar surface area (TPSA) is 61.0 Å². The van der Waals surface area contributed by atoms with Crippen molar-refractivity contribution in [2.45, 2.75) is 6.61 Å². The highest BCUT2D eigenvalue weighted by molar-refractivity contribution is 7.09. The highest BCUT2D eigenvalue weighted by atomic mass is 32.1. The molecule has 2 aromatic rings. The minimum absolute atomic E-state index is 0.111. The molecule has 16 heavy (non-hydrogen) atoms. The van der Waals surface area contributed by atoms with Gasteiger partial charge >= 0.3 is 0 Å². The summed E-state index contributed by atoms with van der Waals surface area (Å²) in [6.07, 6.45) is 0. The first-order valence-electron chi connectivity index (χ1n) is 4.32. The van der Waals surface area contributed by atoms with E-state index in [0.717, 1.165) is 23.7 Å². The average Bonchev–Trinajstić information content (AvgIpc) is 2.64. The van der Waals surface area contributed by atoms with Gasteiger partial charge in [0.15, 0.2) is 17.4 Å². The number of nitrogens with two attached hydrogens (primary N) is 1. The minimum Gasteiger partial charge on any atom is -0.481 e. The summed E-state index contributed by atoms with van der Waals surface area (Å²) in [6.45, 7) is -0.111. The van der Waals surface area contributed by atoms with Crippen LogP contribution >= 0.6 is 11.5 Å². The summed E-state index contributed by atoms with van der Waals surface area (Å²) in [4.78, 5) is 0. The Bertz CT molecular complexity index is 483. The van der Waals surface area contributed by atoms with E-state index in [4.69, 9.17) is 10.5 Å². The van der Waals surface area contributed by atoms with Crippen LogP contribution < -0.4 is 10.5 Å². The van der Waals surface area contributed by atoms with E-state index in [1.165, 1.54) is 6.07 Å². The lowest BCUT2D eigenvalue weighted by atomic mass is 10.3. The fraction of sp³-hybridized carbons (Fsp3) is 0.111. The molecule has 2 N–H and O–H groups in total. The van der Waals surface area contributed by atoms with Gasteiger partial charge in [0, 0.05) is 11.5 Å². The zero-order valence-electron chi connectivity index (χ0n) is 7.98. The third kappa shape index (κ3) is 2.08. The second-order valence-corrected chi connectivity index (χ2v) is 3.71. The van der Waals surface area contributed by atoms with Crippen molar-refractivity contribution in [2.75, 3.05) is 5.73 Å². The van der Waals surface area contributed by atoms with Crippen molar-refractivity contribution in [1.82, 2.24) is 9.59 Å². The van der Waals surface area contributed by atoms with Gasteiger partial charge in [-0.2, -0.15) is 0 Å². The molecule has 0 saturated heterocycles. The van der Waals surface area contributed by atoms with Gasteiger partial charge in [-0.3, -0.25) is 0 Å². The Hall–Kier alpha value is -1.76. The van der Waals surface area contributed by atoms with Crippen LogP contribution in [0.2, 0.25) is 0 Å². The van der Waals surface area contributed by atoms with E-state index in [1.54, 1.807) is 0 Å². The Morgan fingerprint density at radius 3 is 2.56 bits per heavy atom. The first-order chi connectivity index (χ1) is 7.68. The van der Waals surface area contributed by atoms with Gasteiger partial charge in [0.05, 0.1) is 0 Å². The molecular weight excluding hydrogens is 236 g/mol. The lowest BCUT2D eigenvalue weighted by Crippen LogP contribution is -2.02. The van der Waals surface area contributed by atoms with E-state index in [1.807, 2.05) is 0 Å². The number of nitrogens with zero attached hydrogens (tertiary/aromatic N) is 2. The summed E-state index contributed by atoms with van der Waals surface area (Å²) < 4.78 is 34.8. The number of ether oxygens (including phenoxy) is 1. The molecule has 2 rings (SSSR count). The van der Waals surface area contributed by atoms with Crippen molar-refractivity contribution in [3.05, 3.63) is 35.5 Å². The molecule has 0 spiro atoms. The van der Waals surface area contributed by atoms with Crippen molar-refractivity contribution in [3.63, 3.8) is 0 Å². The number of nitrogen functional groups attached to an aromatic ring is 1. The van der Waals surface area contributed by atoms with Crippen LogP contribution in [0.4, 0.5) is 13.8 Å². The third-order valence-electron chi connectivity index (χ3n) is 1.86. The maximum absolute atomic E-state index is 13.1. The number of benzene rings is 1. The maximum Gasteiger partial charge on any atom is 0.191 e. The van der Waals surface area contributed by atoms with E-state index >= 15 is 0 Å². The summed E-state index contributed by atoms with van der Waals surface area (Å²) in [5, 5.41) is 4.04. The van der Waals surface area contributed by atoms with E-state index in [-0.39, 0.29) is 6.61 Å². The van der Waals surface area contributed by atoms with Gasteiger partial charge in [-0.25, -0.2) is 8.78 Å². The van der Waals surface area contributed by atoms with Gasteiger partial charge in [-0.05, 0) is 12.1 Å². The Kier molecular flexibility index (Phi) is 2.95. The van der Waals surface area contributed by atoms with Crippen molar-refractivity contribution < 1.29 is 13.5 Å². The number of hydrogen-bond acceptors (Lipinski definition) is 5. The standard InChI is InChI=1S/C9H7F2N3OS/c10-5-2-1-3-6(11)8(5)15-4-7-9(12)16-14-13-7/h1-3H,4,12H2. The zero-order valence-corrected chi connectivity index (χ0v) is 8.80. The third-order valence-corrected chi connectivity index (χ3v) is 2.45. The number of rotatable bonds is 3. The molecule has 0 bridgehead atoms. The van der Waals surface area contributed by atoms with E-state index in [2.05, 4.69) is 9.59 Å². The van der Waals surface area contributed by atoms with Crippen LogP contribution in [-0.4, -0.2) is 9.59 Å². The molecule has 0 aliphatic heterocycles. The van der Waals surface area contributed by atoms with Crippen LogP contribution in [0.15, 0.2) is 18.2 Å². The number of hydrogen-bond donors (Lipinski definition) is 1. The molecule has 0 aliphatic rings. The average molecular weight is 243 g/mol. The monoisotopic (exact) mass is 243 g/mol.